The molecule has 0 radical (unpaired) electrons. The van der Waals surface area contributed by atoms with E-state index in [1.165, 1.54) is 28.4 Å². The summed E-state index contributed by atoms with van der Waals surface area (Å²) in [6.45, 7) is 3.27. The highest BCUT2D eigenvalue weighted by atomic mass is 79.9. The van der Waals surface area contributed by atoms with Crippen LogP contribution in [0.4, 0.5) is 0 Å². The van der Waals surface area contributed by atoms with Gasteiger partial charge in [-0.05, 0) is 50.1 Å². The molecule has 14 heavy (non-hydrogen) atoms. The molecule has 0 unspecified atom stereocenters. The summed E-state index contributed by atoms with van der Waals surface area (Å²) >= 11 is 3.49. The van der Waals surface area contributed by atoms with Gasteiger partial charge < -0.3 is 0 Å². The SMILES string of the molecule is Cc1cc(Br)ccc1CN(C)C1CC1. The molecule has 1 nitrogen and oxygen atoms in total. The lowest BCUT2D eigenvalue weighted by atomic mass is 10.1. The first-order valence-corrected chi connectivity index (χ1v) is 5.91. The van der Waals surface area contributed by atoms with Gasteiger partial charge in [-0.2, -0.15) is 0 Å². The summed E-state index contributed by atoms with van der Waals surface area (Å²) in [7, 11) is 2.22. The minimum atomic E-state index is 0.845. The average Bonchev–Trinajstić information content (AvgIpc) is 2.92. The van der Waals surface area contributed by atoms with Gasteiger partial charge in [0.15, 0.2) is 0 Å². The number of rotatable bonds is 3. The fourth-order valence-electron chi connectivity index (χ4n) is 1.75. The van der Waals surface area contributed by atoms with Gasteiger partial charge in [0.1, 0.15) is 0 Å². The molecular formula is C12H16BrN. The van der Waals surface area contributed by atoms with Crippen molar-refractivity contribution in [2.24, 2.45) is 0 Å². The molecule has 0 saturated heterocycles. The zero-order chi connectivity index (χ0) is 10.1. The van der Waals surface area contributed by atoms with E-state index < -0.39 is 0 Å². The first-order valence-electron chi connectivity index (χ1n) is 5.12. The highest BCUT2D eigenvalue weighted by Gasteiger charge is 2.25. The van der Waals surface area contributed by atoms with Crippen molar-refractivity contribution >= 4 is 15.9 Å². The normalized spacial score (nSPS) is 16.3. The number of aryl methyl sites for hydroxylation is 1. The number of hydrogen-bond acceptors (Lipinski definition) is 1. The van der Waals surface area contributed by atoms with Crippen LogP contribution in [-0.2, 0) is 6.54 Å². The van der Waals surface area contributed by atoms with Gasteiger partial charge in [-0.15, -0.1) is 0 Å². The maximum atomic E-state index is 3.49. The molecule has 1 aliphatic rings. The Bertz CT molecular complexity index is 331. The largest absolute Gasteiger partial charge is 0.299 e. The van der Waals surface area contributed by atoms with Crippen molar-refractivity contribution in [1.29, 1.82) is 0 Å². The highest BCUT2D eigenvalue weighted by Crippen LogP contribution is 2.27. The van der Waals surface area contributed by atoms with E-state index in [0.717, 1.165) is 12.6 Å². The van der Waals surface area contributed by atoms with Gasteiger partial charge in [0, 0.05) is 17.1 Å². The Morgan fingerprint density at radius 3 is 2.71 bits per heavy atom. The van der Waals surface area contributed by atoms with Crippen LogP contribution in [0.5, 0.6) is 0 Å². The van der Waals surface area contributed by atoms with E-state index in [0.29, 0.717) is 0 Å². The Kier molecular flexibility index (Phi) is 2.93. The van der Waals surface area contributed by atoms with Crippen molar-refractivity contribution < 1.29 is 0 Å². The van der Waals surface area contributed by atoms with Crippen molar-refractivity contribution in [2.45, 2.75) is 32.4 Å². The van der Waals surface area contributed by atoms with Crippen LogP contribution in [0.3, 0.4) is 0 Å². The van der Waals surface area contributed by atoms with E-state index in [1.54, 1.807) is 0 Å². The summed E-state index contributed by atoms with van der Waals surface area (Å²) in [6.07, 6.45) is 2.76. The molecular weight excluding hydrogens is 238 g/mol. The number of halogens is 1. The van der Waals surface area contributed by atoms with Crippen LogP contribution in [0.15, 0.2) is 22.7 Å². The zero-order valence-corrected chi connectivity index (χ0v) is 10.3. The van der Waals surface area contributed by atoms with Crippen LogP contribution in [-0.4, -0.2) is 18.0 Å². The van der Waals surface area contributed by atoms with Crippen molar-refractivity contribution in [1.82, 2.24) is 4.90 Å². The van der Waals surface area contributed by atoms with Crippen LogP contribution in [0, 0.1) is 6.92 Å². The summed E-state index contributed by atoms with van der Waals surface area (Å²) in [6, 6.07) is 7.38. The minimum absolute atomic E-state index is 0.845. The van der Waals surface area contributed by atoms with Gasteiger partial charge in [0.25, 0.3) is 0 Å². The summed E-state index contributed by atoms with van der Waals surface area (Å²) < 4.78 is 1.17. The topological polar surface area (TPSA) is 3.24 Å². The third kappa shape index (κ3) is 2.37. The molecule has 1 aliphatic carbocycles. The second-order valence-corrected chi connectivity index (χ2v) is 5.13. The molecule has 0 aromatic heterocycles. The maximum absolute atomic E-state index is 3.49. The molecule has 2 heteroatoms. The molecule has 0 heterocycles. The first-order chi connectivity index (χ1) is 6.66. The molecule has 76 valence electrons. The predicted molar refractivity (Wildman–Crippen MR) is 63.4 cm³/mol. The van der Waals surface area contributed by atoms with Crippen molar-refractivity contribution in [3.05, 3.63) is 33.8 Å². The van der Waals surface area contributed by atoms with Crippen molar-refractivity contribution in [3.8, 4) is 0 Å². The van der Waals surface area contributed by atoms with Crippen molar-refractivity contribution in [2.75, 3.05) is 7.05 Å². The Hall–Kier alpha value is -0.340. The zero-order valence-electron chi connectivity index (χ0n) is 8.76. The molecule has 1 aromatic carbocycles. The van der Waals surface area contributed by atoms with Gasteiger partial charge in [-0.1, -0.05) is 22.0 Å². The van der Waals surface area contributed by atoms with Gasteiger partial charge in [0.05, 0.1) is 0 Å². The summed E-state index contributed by atoms with van der Waals surface area (Å²) in [5.41, 5.74) is 2.83. The highest BCUT2D eigenvalue weighted by molar-refractivity contribution is 9.10. The van der Waals surface area contributed by atoms with E-state index >= 15 is 0 Å². The molecule has 0 atom stereocenters. The van der Waals surface area contributed by atoms with E-state index in [9.17, 15) is 0 Å². The van der Waals surface area contributed by atoms with Crippen molar-refractivity contribution in [3.63, 3.8) is 0 Å². The maximum Gasteiger partial charge on any atom is 0.0236 e. The van der Waals surface area contributed by atoms with E-state index in [-0.39, 0.29) is 0 Å². The number of benzene rings is 1. The third-order valence-electron chi connectivity index (χ3n) is 2.89. The quantitative estimate of drug-likeness (QED) is 0.799. The smallest absolute Gasteiger partial charge is 0.0236 e. The Morgan fingerprint density at radius 1 is 1.43 bits per heavy atom. The fourth-order valence-corrected chi connectivity index (χ4v) is 2.23. The Morgan fingerprint density at radius 2 is 2.14 bits per heavy atom. The van der Waals surface area contributed by atoms with Crippen LogP contribution in [0.25, 0.3) is 0 Å². The minimum Gasteiger partial charge on any atom is -0.299 e. The van der Waals surface area contributed by atoms with Crippen LogP contribution in [0.1, 0.15) is 24.0 Å². The van der Waals surface area contributed by atoms with Gasteiger partial charge in [-0.3, -0.25) is 4.90 Å². The standard InChI is InChI=1S/C12H16BrN/c1-9-7-11(13)4-3-10(9)8-14(2)12-5-6-12/h3-4,7,12H,5-6,8H2,1-2H3. The lowest BCUT2D eigenvalue weighted by molar-refractivity contribution is 0.316. The van der Waals surface area contributed by atoms with Crippen LogP contribution in [0.2, 0.25) is 0 Å². The molecule has 1 saturated carbocycles. The van der Waals surface area contributed by atoms with E-state index in [1.807, 2.05) is 0 Å². The Balaban J connectivity index is 2.07. The van der Waals surface area contributed by atoms with Crippen LogP contribution >= 0.6 is 15.9 Å². The number of nitrogens with zero attached hydrogens (tertiary/aromatic N) is 1. The van der Waals surface area contributed by atoms with E-state index in [4.69, 9.17) is 0 Å². The molecule has 0 N–H and O–H groups in total. The van der Waals surface area contributed by atoms with Gasteiger partial charge in [-0.25, -0.2) is 0 Å². The summed E-state index contributed by atoms with van der Waals surface area (Å²) in [5.74, 6) is 0. The third-order valence-corrected chi connectivity index (χ3v) is 3.39. The fraction of sp³-hybridized carbons (Fsp3) is 0.500. The molecule has 1 aromatic rings. The lowest BCUT2D eigenvalue weighted by Crippen LogP contribution is -2.20. The molecule has 1 fully saturated rings. The summed E-state index contributed by atoms with van der Waals surface area (Å²) in [4.78, 5) is 2.45. The van der Waals surface area contributed by atoms with E-state index in [2.05, 4.69) is 53.0 Å². The molecule has 0 aliphatic heterocycles. The average molecular weight is 254 g/mol. The molecule has 2 rings (SSSR count). The van der Waals surface area contributed by atoms with Gasteiger partial charge in [0.2, 0.25) is 0 Å². The molecule has 0 spiro atoms. The molecule has 0 bridgehead atoms. The summed E-state index contributed by atoms with van der Waals surface area (Å²) in [5, 5.41) is 0. The van der Waals surface area contributed by atoms with Gasteiger partial charge >= 0.3 is 0 Å². The lowest BCUT2D eigenvalue weighted by Gasteiger charge is -2.17. The monoisotopic (exact) mass is 253 g/mol. The van der Waals surface area contributed by atoms with Crippen LogP contribution < -0.4 is 0 Å². The second kappa shape index (κ2) is 4.03. The second-order valence-electron chi connectivity index (χ2n) is 4.22. The predicted octanol–water partition coefficient (Wildman–Crippen LogP) is 3.35. The molecule has 0 amide bonds. The Labute approximate surface area is 94.2 Å². The number of hydrogen-bond donors (Lipinski definition) is 0. The first kappa shape index (κ1) is 10.2.